The molecule has 0 N–H and O–H groups in total. The molecule has 1 rings (SSSR count). The minimum atomic E-state index is 0.139. The van der Waals surface area contributed by atoms with Gasteiger partial charge < -0.3 is 0 Å². The van der Waals surface area contributed by atoms with E-state index in [1.54, 1.807) is 0 Å². The van der Waals surface area contributed by atoms with Gasteiger partial charge in [-0.2, -0.15) is 5.26 Å². The first-order valence-corrected chi connectivity index (χ1v) is 6.98. The van der Waals surface area contributed by atoms with Gasteiger partial charge in [0, 0.05) is 36.3 Å². The van der Waals surface area contributed by atoms with Crippen LogP contribution in [0.1, 0.15) is 54.9 Å². The molecule has 18 heavy (non-hydrogen) atoms. The Balaban J connectivity index is 2.92. The third-order valence-corrected chi connectivity index (χ3v) is 3.89. The van der Waals surface area contributed by atoms with Crippen molar-refractivity contribution in [2.24, 2.45) is 0 Å². The number of rotatable bonds is 1. The van der Waals surface area contributed by atoms with Crippen molar-refractivity contribution in [3.05, 3.63) is 0 Å². The van der Waals surface area contributed by atoms with Crippen LogP contribution in [0, 0.1) is 11.3 Å². The van der Waals surface area contributed by atoms with Crippen LogP contribution in [0.4, 0.5) is 0 Å². The Morgan fingerprint density at radius 1 is 1.00 bits per heavy atom. The molecule has 0 bridgehead atoms. The first kappa shape index (κ1) is 15.5. The van der Waals surface area contributed by atoms with E-state index in [4.69, 9.17) is 5.26 Å². The number of hydrogen-bond donors (Lipinski definition) is 0. The van der Waals surface area contributed by atoms with Gasteiger partial charge in [-0.25, -0.2) is 0 Å². The third-order valence-electron chi connectivity index (χ3n) is 3.89. The van der Waals surface area contributed by atoms with Crippen LogP contribution in [-0.4, -0.2) is 46.1 Å². The van der Waals surface area contributed by atoms with Crippen LogP contribution in [0.15, 0.2) is 0 Å². The minimum Gasteiger partial charge on any atom is -0.293 e. The maximum Gasteiger partial charge on any atom is 0.0638 e. The van der Waals surface area contributed by atoms with Crippen molar-refractivity contribution in [1.29, 1.82) is 5.26 Å². The molecule has 0 aromatic carbocycles. The lowest BCUT2D eigenvalue weighted by Crippen LogP contribution is -2.65. The fraction of sp³-hybridized carbons (Fsp3) is 0.933. The zero-order chi connectivity index (χ0) is 14.1. The summed E-state index contributed by atoms with van der Waals surface area (Å²) >= 11 is 0. The van der Waals surface area contributed by atoms with E-state index in [0.717, 1.165) is 13.1 Å². The van der Waals surface area contributed by atoms with Crippen molar-refractivity contribution in [2.75, 3.05) is 13.1 Å². The predicted molar refractivity (Wildman–Crippen MR) is 76.4 cm³/mol. The number of hydrogen-bond acceptors (Lipinski definition) is 3. The van der Waals surface area contributed by atoms with Crippen LogP contribution in [-0.2, 0) is 0 Å². The van der Waals surface area contributed by atoms with Crippen molar-refractivity contribution in [2.45, 2.75) is 78.0 Å². The zero-order valence-corrected chi connectivity index (χ0v) is 13.1. The Hall–Kier alpha value is -0.590. The molecule has 1 fully saturated rings. The Labute approximate surface area is 113 Å². The van der Waals surface area contributed by atoms with E-state index in [0.29, 0.717) is 18.5 Å². The molecule has 2 atom stereocenters. The highest BCUT2D eigenvalue weighted by atomic mass is 15.3. The van der Waals surface area contributed by atoms with Crippen molar-refractivity contribution < 1.29 is 0 Å². The number of piperazine rings is 1. The van der Waals surface area contributed by atoms with Crippen LogP contribution in [0.25, 0.3) is 0 Å². The van der Waals surface area contributed by atoms with Crippen molar-refractivity contribution in [1.82, 2.24) is 9.80 Å². The van der Waals surface area contributed by atoms with Gasteiger partial charge in [-0.3, -0.25) is 9.80 Å². The van der Waals surface area contributed by atoms with E-state index in [-0.39, 0.29) is 11.1 Å². The quantitative estimate of drug-likeness (QED) is 0.718. The average Bonchev–Trinajstić information content (AvgIpc) is 2.17. The standard InChI is InChI=1S/C15H29N3/c1-12-10-18(15(5,6)7)13(8-9-16)11-17(12)14(2,3)4/h12-13H,8,10-11H2,1-7H3/t12?,13-/m0/s1. The van der Waals surface area contributed by atoms with Gasteiger partial charge in [0.15, 0.2) is 0 Å². The zero-order valence-electron chi connectivity index (χ0n) is 13.1. The van der Waals surface area contributed by atoms with Gasteiger partial charge >= 0.3 is 0 Å². The number of nitrogens with zero attached hydrogens (tertiary/aromatic N) is 3. The Morgan fingerprint density at radius 3 is 1.89 bits per heavy atom. The molecule has 0 aromatic heterocycles. The van der Waals surface area contributed by atoms with Gasteiger partial charge in [-0.15, -0.1) is 0 Å². The first-order chi connectivity index (χ1) is 8.07. The van der Waals surface area contributed by atoms with E-state index in [1.807, 2.05) is 0 Å². The fourth-order valence-corrected chi connectivity index (χ4v) is 3.07. The largest absolute Gasteiger partial charge is 0.293 e. The van der Waals surface area contributed by atoms with Gasteiger partial charge in [0.1, 0.15) is 0 Å². The molecule has 1 saturated heterocycles. The molecule has 3 nitrogen and oxygen atoms in total. The second kappa shape index (κ2) is 5.19. The number of nitriles is 1. The molecular weight excluding hydrogens is 222 g/mol. The Kier molecular flexibility index (Phi) is 4.46. The molecule has 1 aliphatic heterocycles. The SMILES string of the molecule is CC1CN(C(C)(C)C)[C@@H](CC#N)CN1C(C)(C)C. The van der Waals surface area contributed by atoms with E-state index in [2.05, 4.69) is 64.3 Å². The molecule has 1 heterocycles. The summed E-state index contributed by atoms with van der Waals surface area (Å²) in [6.45, 7) is 17.9. The van der Waals surface area contributed by atoms with Crippen molar-refractivity contribution in [3.8, 4) is 6.07 Å². The highest BCUT2D eigenvalue weighted by Gasteiger charge is 2.40. The van der Waals surface area contributed by atoms with Crippen LogP contribution < -0.4 is 0 Å². The molecule has 0 aromatic rings. The van der Waals surface area contributed by atoms with E-state index in [1.165, 1.54) is 0 Å². The molecule has 0 spiro atoms. The highest BCUT2D eigenvalue weighted by Crippen LogP contribution is 2.29. The van der Waals surface area contributed by atoms with E-state index >= 15 is 0 Å². The summed E-state index contributed by atoms with van der Waals surface area (Å²) in [4.78, 5) is 5.04. The summed E-state index contributed by atoms with van der Waals surface area (Å²) in [7, 11) is 0. The first-order valence-electron chi connectivity index (χ1n) is 6.98. The average molecular weight is 251 g/mol. The van der Waals surface area contributed by atoms with Crippen molar-refractivity contribution >= 4 is 0 Å². The van der Waals surface area contributed by atoms with Gasteiger partial charge in [0.05, 0.1) is 12.5 Å². The second-order valence-corrected chi connectivity index (χ2v) is 7.51. The normalized spacial score (nSPS) is 28.1. The Morgan fingerprint density at radius 2 is 1.50 bits per heavy atom. The molecule has 3 heteroatoms. The summed E-state index contributed by atoms with van der Waals surface area (Å²) in [5, 5.41) is 9.06. The molecule has 104 valence electrons. The molecule has 0 amide bonds. The summed E-state index contributed by atoms with van der Waals surface area (Å²) < 4.78 is 0. The Bertz CT molecular complexity index is 316. The minimum absolute atomic E-state index is 0.139. The maximum absolute atomic E-state index is 9.06. The summed E-state index contributed by atoms with van der Waals surface area (Å²) in [6.07, 6.45) is 0.622. The van der Waals surface area contributed by atoms with Gasteiger partial charge in [-0.1, -0.05) is 0 Å². The van der Waals surface area contributed by atoms with E-state index < -0.39 is 0 Å². The summed E-state index contributed by atoms with van der Waals surface area (Å²) in [5.74, 6) is 0. The van der Waals surface area contributed by atoms with Crippen LogP contribution in [0.2, 0.25) is 0 Å². The van der Waals surface area contributed by atoms with E-state index in [9.17, 15) is 0 Å². The molecule has 0 radical (unpaired) electrons. The monoisotopic (exact) mass is 251 g/mol. The molecular formula is C15H29N3. The third kappa shape index (κ3) is 3.46. The fourth-order valence-electron chi connectivity index (χ4n) is 3.07. The second-order valence-electron chi connectivity index (χ2n) is 7.51. The lowest BCUT2D eigenvalue weighted by atomic mass is 9.92. The maximum atomic E-state index is 9.06. The summed E-state index contributed by atoms with van der Waals surface area (Å²) in [5.41, 5.74) is 0.316. The van der Waals surface area contributed by atoms with Crippen LogP contribution >= 0.6 is 0 Å². The van der Waals surface area contributed by atoms with Crippen LogP contribution in [0.5, 0.6) is 0 Å². The topological polar surface area (TPSA) is 30.3 Å². The smallest absolute Gasteiger partial charge is 0.0638 e. The lowest BCUT2D eigenvalue weighted by molar-refractivity contribution is -0.0513. The lowest BCUT2D eigenvalue weighted by Gasteiger charge is -2.54. The molecule has 0 aliphatic carbocycles. The molecule has 1 aliphatic rings. The predicted octanol–water partition coefficient (Wildman–Crippen LogP) is 2.87. The van der Waals surface area contributed by atoms with Gasteiger partial charge in [0.2, 0.25) is 0 Å². The highest BCUT2D eigenvalue weighted by molar-refractivity contribution is 4.99. The molecule has 0 saturated carbocycles. The van der Waals surface area contributed by atoms with Gasteiger partial charge in [0.25, 0.3) is 0 Å². The molecule has 1 unspecified atom stereocenters. The van der Waals surface area contributed by atoms with Crippen LogP contribution in [0.3, 0.4) is 0 Å². The van der Waals surface area contributed by atoms with Gasteiger partial charge in [-0.05, 0) is 48.5 Å². The summed E-state index contributed by atoms with van der Waals surface area (Å²) in [6, 6.07) is 3.25. The van der Waals surface area contributed by atoms with Crippen molar-refractivity contribution in [3.63, 3.8) is 0 Å².